The van der Waals surface area contributed by atoms with Gasteiger partial charge in [-0.1, -0.05) is 114 Å². The van der Waals surface area contributed by atoms with E-state index in [4.69, 9.17) is 0 Å². The van der Waals surface area contributed by atoms with Crippen LogP contribution < -0.4 is 0 Å². The number of unbranched alkanes of at least 4 members (excludes halogenated alkanes) is 1. The highest BCUT2D eigenvalue weighted by atomic mass is 14.7. The molecule has 0 N–H and O–H groups in total. The SMILES string of the molecule is CCCCc1ccc(C#Cc2ccc([C@H]3CC[C@H](CCC)CC3)cc2)nc1.CCCc1ccc(C#Cc2ccc([C@H]3CC[C@H](CCC)CC3)cc2)nc1. The van der Waals surface area contributed by atoms with Crippen molar-refractivity contribution in [2.75, 3.05) is 0 Å². The van der Waals surface area contributed by atoms with E-state index in [0.717, 1.165) is 65.4 Å². The molecule has 2 aromatic heterocycles. The van der Waals surface area contributed by atoms with Crippen LogP contribution in [0.2, 0.25) is 0 Å². The van der Waals surface area contributed by atoms with Crippen LogP contribution in [0.3, 0.4) is 0 Å². The Morgan fingerprint density at radius 1 is 0.453 bits per heavy atom. The van der Waals surface area contributed by atoms with Gasteiger partial charge in [-0.15, -0.1) is 0 Å². The van der Waals surface area contributed by atoms with E-state index in [9.17, 15) is 0 Å². The lowest BCUT2D eigenvalue weighted by Crippen LogP contribution is -2.13. The number of benzene rings is 2. The molecular formula is C51H64N2. The van der Waals surface area contributed by atoms with Crippen LogP contribution in [0.25, 0.3) is 0 Å². The lowest BCUT2D eigenvalue weighted by atomic mass is 9.77. The van der Waals surface area contributed by atoms with E-state index in [2.05, 4.69) is 122 Å². The fourth-order valence-electron chi connectivity index (χ4n) is 8.30. The number of rotatable bonds is 11. The largest absolute Gasteiger partial charge is 0.248 e. The topological polar surface area (TPSA) is 25.8 Å². The van der Waals surface area contributed by atoms with E-state index in [0.29, 0.717) is 0 Å². The van der Waals surface area contributed by atoms with E-state index in [-0.39, 0.29) is 0 Å². The molecule has 6 rings (SSSR count). The van der Waals surface area contributed by atoms with Gasteiger partial charge in [-0.3, -0.25) is 0 Å². The van der Waals surface area contributed by atoms with E-state index in [1.807, 2.05) is 24.5 Å². The van der Waals surface area contributed by atoms with E-state index < -0.39 is 0 Å². The summed E-state index contributed by atoms with van der Waals surface area (Å²) < 4.78 is 0. The lowest BCUT2D eigenvalue weighted by molar-refractivity contribution is 0.308. The van der Waals surface area contributed by atoms with Crippen molar-refractivity contribution in [1.29, 1.82) is 0 Å². The van der Waals surface area contributed by atoms with Crippen molar-refractivity contribution in [1.82, 2.24) is 9.97 Å². The molecule has 0 radical (unpaired) electrons. The number of pyridine rings is 2. The van der Waals surface area contributed by atoms with Gasteiger partial charge in [0.25, 0.3) is 0 Å². The summed E-state index contributed by atoms with van der Waals surface area (Å²) in [5, 5.41) is 0. The van der Waals surface area contributed by atoms with Gasteiger partial charge in [-0.05, 0) is 165 Å². The second-order valence-electron chi connectivity index (χ2n) is 15.7. The minimum atomic E-state index is 0.748. The predicted molar refractivity (Wildman–Crippen MR) is 225 cm³/mol. The number of hydrogen-bond donors (Lipinski definition) is 0. The van der Waals surface area contributed by atoms with E-state index in [1.54, 1.807) is 0 Å². The summed E-state index contributed by atoms with van der Waals surface area (Å²) >= 11 is 0. The Bertz CT molecular complexity index is 1730. The summed E-state index contributed by atoms with van der Waals surface area (Å²) in [6.45, 7) is 9.02. The van der Waals surface area contributed by atoms with Crippen molar-refractivity contribution in [3.63, 3.8) is 0 Å². The smallest absolute Gasteiger partial charge is 0.113 e. The third-order valence-electron chi connectivity index (χ3n) is 11.5. The Hall–Kier alpha value is -4.14. The molecule has 0 bridgehead atoms. The molecular weight excluding hydrogens is 641 g/mol. The third-order valence-corrected chi connectivity index (χ3v) is 11.5. The van der Waals surface area contributed by atoms with Gasteiger partial charge >= 0.3 is 0 Å². The van der Waals surface area contributed by atoms with Gasteiger partial charge in [0.2, 0.25) is 0 Å². The molecule has 2 nitrogen and oxygen atoms in total. The van der Waals surface area contributed by atoms with E-state index >= 15 is 0 Å². The van der Waals surface area contributed by atoms with Crippen LogP contribution >= 0.6 is 0 Å². The standard InChI is InChI=1S/C26H33N.C25H31N/c1-3-5-7-23-13-19-26(27-20-23)18-12-22-10-16-25(17-11-22)24-14-8-21(6-4-2)9-15-24;1-3-5-20-7-13-23(14-8-20)24-15-9-21(10-16-24)11-17-25-18-12-22(6-4-2)19-26-25/h10-11,13,16-17,19-21,24H,3-9,14-15H2,1-2H3;9-10,12,15-16,18-20,23H,3-8,13-14H2,1-2H3/t21-,24-;20-,23-. The number of hydrogen-bond acceptors (Lipinski definition) is 2. The van der Waals surface area contributed by atoms with Crippen LogP contribution in [0.5, 0.6) is 0 Å². The Balaban J connectivity index is 0.000000204. The van der Waals surface area contributed by atoms with Crippen molar-refractivity contribution in [2.45, 2.75) is 149 Å². The molecule has 0 saturated heterocycles. The first-order chi connectivity index (χ1) is 26.1. The van der Waals surface area contributed by atoms with Gasteiger partial charge in [-0.25, -0.2) is 9.97 Å². The maximum absolute atomic E-state index is 4.49. The van der Waals surface area contributed by atoms with Gasteiger partial charge in [-0.2, -0.15) is 0 Å². The fraction of sp³-hybridized carbons (Fsp3) is 0.490. The second-order valence-corrected chi connectivity index (χ2v) is 15.7. The summed E-state index contributed by atoms with van der Waals surface area (Å²) in [5.41, 5.74) is 9.44. The zero-order valence-electron chi connectivity index (χ0n) is 33.3. The van der Waals surface area contributed by atoms with Crippen LogP contribution in [0, 0.1) is 35.5 Å². The highest BCUT2D eigenvalue weighted by Crippen LogP contribution is 2.38. The van der Waals surface area contributed by atoms with Crippen LogP contribution in [-0.4, -0.2) is 9.97 Å². The number of nitrogens with zero attached hydrogens (tertiary/aromatic N) is 2. The molecule has 2 heteroatoms. The van der Waals surface area contributed by atoms with Crippen molar-refractivity contribution in [3.8, 4) is 23.7 Å². The first-order valence-corrected chi connectivity index (χ1v) is 21.2. The summed E-state index contributed by atoms with van der Waals surface area (Å²) in [5.74, 6) is 16.3. The Morgan fingerprint density at radius 3 is 1.25 bits per heavy atom. The van der Waals surface area contributed by atoms with Crippen LogP contribution in [0.4, 0.5) is 0 Å². The molecule has 2 aliphatic rings. The molecule has 278 valence electrons. The van der Waals surface area contributed by atoms with Crippen molar-refractivity contribution in [2.24, 2.45) is 11.8 Å². The summed E-state index contributed by atoms with van der Waals surface area (Å²) in [6, 6.07) is 26.2. The van der Waals surface area contributed by atoms with E-state index in [1.165, 1.54) is 112 Å². The first-order valence-electron chi connectivity index (χ1n) is 21.2. The van der Waals surface area contributed by atoms with Gasteiger partial charge in [0.15, 0.2) is 0 Å². The second kappa shape index (κ2) is 22.2. The van der Waals surface area contributed by atoms with Gasteiger partial charge in [0.05, 0.1) is 0 Å². The first kappa shape index (κ1) is 40.1. The molecule has 2 heterocycles. The quantitative estimate of drug-likeness (QED) is 0.145. The molecule has 0 amide bonds. The predicted octanol–water partition coefficient (Wildman–Crippen LogP) is 13.4. The Labute approximate surface area is 323 Å². The highest BCUT2D eigenvalue weighted by Gasteiger charge is 2.22. The minimum Gasteiger partial charge on any atom is -0.248 e. The third kappa shape index (κ3) is 13.3. The monoisotopic (exact) mass is 705 g/mol. The zero-order chi connectivity index (χ0) is 37.1. The average molecular weight is 705 g/mol. The molecule has 2 fully saturated rings. The summed E-state index contributed by atoms with van der Waals surface area (Å²) in [7, 11) is 0. The van der Waals surface area contributed by atoms with Crippen LogP contribution in [0.1, 0.15) is 181 Å². The minimum absolute atomic E-state index is 0.748. The molecule has 2 saturated carbocycles. The zero-order valence-corrected chi connectivity index (χ0v) is 33.3. The Morgan fingerprint density at radius 2 is 0.887 bits per heavy atom. The normalized spacial score (nSPS) is 19.5. The molecule has 0 spiro atoms. The number of aromatic nitrogens is 2. The van der Waals surface area contributed by atoms with Crippen LogP contribution in [-0.2, 0) is 12.8 Å². The molecule has 2 aliphatic carbocycles. The maximum Gasteiger partial charge on any atom is 0.113 e. The molecule has 0 unspecified atom stereocenters. The molecule has 4 aromatic rings. The van der Waals surface area contributed by atoms with Crippen molar-refractivity contribution >= 4 is 0 Å². The maximum atomic E-state index is 4.49. The molecule has 0 aliphatic heterocycles. The van der Waals surface area contributed by atoms with Crippen LogP contribution in [0.15, 0.2) is 85.2 Å². The van der Waals surface area contributed by atoms with Crippen molar-refractivity contribution in [3.05, 3.63) is 130 Å². The van der Waals surface area contributed by atoms with Crippen molar-refractivity contribution < 1.29 is 0 Å². The van der Waals surface area contributed by atoms with Gasteiger partial charge < -0.3 is 0 Å². The molecule has 2 aromatic carbocycles. The lowest BCUT2D eigenvalue weighted by Gasteiger charge is -2.28. The molecule has 53 heavy (non-hydrogen) atoms. The fourth-order valence-corrected chi connectivity index (χ4v) is 8.30. The Kier molecular flexibility index (Phi) is 16.7. The van der Waals surface area contributed by atoms with Gasteiger partial charge in [0, 0.05) is 23.5 Å². The van der Waals surface area contributed by atoms with Gasteiger partial charge in [0.1, 0.15) is 11.4 Å². The molecule has 0 atom stereocenters. The number of aryl methyl sites for hydroxylation is 2. The highest BCUT2D eigenvalue weighted by molar-refractivity contribution is 5.43. The average Bonchev–Trinajstić information content (AvgIpc) is 3.21. The summed E-state index contributed by atoms with van der Waals surface area (Å²) in [6.07, 6.45) is 26.2. The summed E-state index contributed by atoms with van der Waals surface area (Å²) in [4.78, 5) is 8.94.